The monoisotopic (exact) mass is 182 g/mol. The van der Waals surface area contributed by atoms with Crippen LogP contribution in [0.25, 0.3) is 5.76 Å². The molecule has 2 nitrogen and oxygen atoms in total. The van der Waals surface area contributed by atoms with Gasteiger partial charge in [0.2, 0.25) is 0 Å². The topological polar surface area (TPSA) is 18.5 Å². The first-order valence-electron chi connectivity index (χ1n) is 3.76. The first kappa shape index (κ1) is 9.58. The second-order valence-corrected chi connectivity index (χ2v) is 2.48. The Balaban J connectivity index is 3.02. The van der Waals surface area contributed by atoms with Gasteiger partial charge in [0.15, 0.2) is 11.6 Å². The van der Waals surface area contributed by atoms with E-state index < -0.39 is 5.82 Å². The molecular formula is C10H11FO2. The van der Waals surface area contributed by atoms with Crippen molar-refractivity contribution in [3.05, 3.63) is 36.2 Å². The van der Waals surface area contributed by atoms with Crippen molar-refractivity contribution in [1.82, 2.24) is 0 Å². The largest absolute Gasteiger partial charge is 0.497 e. The maximum Gasteiger partial charge on any atom is 0.165 e. The van der Waals surface area contributed by atoms with Gasteiger partial charge >= 0.3 is 0 Å². The number of hydrogen-bond donors (Lipinski definition) is 0. The van der Waals surface area contributed by atoms with E-state index in [9.17, 15) is 4.39 Å². The highest BCUT2D eigenvalue weighted by Crippen LogP contribution is 2.21. The smallest absolute Gasteiger partial charge is 0.165 e. The number of hydrogen-bond acceptors (Lipinski definition) is 2. The lowest BCUT2D eigenvalue weighted by atomic mass is 10.2. The zero-order chi connectivity index (χ0) is 9.84. The van der Waals surface area contributed by atoms with Gasteiger partial charge in [0.1, 0.15) is 5.76 Å². The molecule has 3 heteroatoms. The van der Waals surface area contributed by atoms with E-state index in [0.29, 0.717) is 11.3 Å². The van der Waals surface area contributed by atoms with Gasteiger partial charge in [-0.1, -0.05) is 6.58 Å². The molecule has 1 rings (SSSR count). The molecule has 0 spiro atoms. The molecule has 0 aliphatic heterocycles. The maximum atomic E-state index is 13.1. The lowest BCUT2D eigenvalue weighted by Crippen LogP contribution is -1.91. The van der Waals surface area contributed by atoms with E-state index in [0.717, 1.165) is 0 Å². The molecule has 0 aliphatic carbocycles. The number of halogens is 1. The van der Waals surface area contributed by atoms with E-state index in [4.69, 9.17) is 9.47 Å². The number of rotatable bonds is 3. The Kier molecular flexibility index (Phi) is 2.90. The van der Waals surface area contributed by atoms with Crippen molar-refractivity contribution in [2.45, 2.75) is 0 Å². The number of methoxy groups -OCH3 is 2. The molecule has 1 aromatic rings. The van der Waals surface area contributed by atoms with Crippen LogP contribution in [0.4, 0.5) is 4.39 Å². The molecule has 1 aromatic carbocycles. The van der Waals surface area contributed by atoms with E-state index in [1.165, 1.54) is 26.4 Å². The van der Waals surface area contributed by atoms with Crippen molar-refractivity contribution < 1.29 is 13.9 Å². The summed E-state index contributed by atoms with van der Waals surface area (Å²) in [5, 5.41) is 0. The van der Waals surface area contributed by atoms with Crippen molar-refractivity contribution in [3.8, 4) is 5.75 Å². The van der Waals surface area contributed by atoms with Gasteiger partial charge in [0.05, 0.1) is 14.2 Å². The summed E-state index contributed by atoms with van der Waals surface area (Å²) in [6.45, 7) is 3.61. The summed E-state index contributed by atoms with van der Waals surface area (Å²) in [7, 11) is 2.91. The zero-order valence-corrected chi connectivity index (χ0v) is 7.63. The summed E-state index contributed by atoms with van der Waals surface area (Å²) < 4.78 is 22.8. The van der Waals surface area contributed by atoms with Crippen molar-refractivity contribution in [2.75, 3.05) is 14.2 Å². The normalized spacial score (nSPS) is 9.46. The van der Waals surface area contributed by atoms with E-state index in [1.807, 2.05) is 0 Å². The fourth-order valence-electron chi connectivity index (χ4n) is 0.958. The lowest BCUT2D eigenvalue weighted by molar-refractivity contribution is 0.369. The molecule has 70 valence electrons. The molecule has 13 heavy (non-hydrogen) atoms. The SMILES string of the molecule is C=C(OC)c1ccc(OC)c(F)c1. The van der Waals surface area contributed by atoms with Gasteiger partial charge in [-0.15, -0.1) is 0 Å². The van der Waals surface area contributed by atoms with Gasteiger partial charge in [-0.25, -0.2) is 4.39 Å². The van der Waals surface area contributed by atoms with Crippen LogP contribution < -0.4 is 4.74 Å². The molecule has 0 heterocycles. The Morgan fingerprint density at radius 2 is 2.08 bits per heavy atom. The van der Waals surface area contributed by atoms with Crippen LogP contribution in [0.3, 0.4) is 0 Å². The van der Waals surface area contributed by atoms with Crippen molar-refractivity contribution in [3.63, 3.8) is 0 Å². The highest BCUT2D eigenvalue weighted by Gasteiger charge is 2.05. The summed E-state index contributed by atoms with van der Waals surface area (Å²) in [6.07, 6.45) is 0. The van der Waals surface area contributed by atoms with Gasteiger partial charge < -0.3 is 9.47 Å². The molecule has 0 N–H and O–H groups in total. The van der Waals surface area contributed by atoms with Crippen LogP contribution in [0, 0.1) is 5.82 Å². The van der Waals surface area contributed by atoms with Crippen LogP contribution in [0.2, 0.25) is 0 Å². The van der Waals surface area contributed by atoms with Crippen LogP contribution >= 0.6 is 0 Å². The average Bonchev–Trinajstić information content (AvgIpc) is 2.16. The second-order valence-electron chi connectivity index (χ2n) is 2.48. The van der Waals surface area contributed by atoms with Gasteiger partial charge in [0, 0.05) is 5.56 Å². The van der Waals surface area contributed by atoms with Crippen molar-refractivity contribution in [2.24, 2.45) is 0 Å². The standard InChI is InChI=1S/C10H11FO2/c1-7(12-2)8-4-5-10(13-3)9(11)6-8/h4-6H,1H2,2-3H3. The van der Waals surface area contributed by atoms with E-state index in [2.05, 4.69) is 6.58 Å². The summed E-state index contributed by atoms with van der Waals surface area (Å²) in [5.41, 5.74) is 0.612. The molecule has 0 saturated carbocycles. The van der Waals surface area contributed by atoms with Gasteiger partial charge in [0.25, 0.3) is 0 Å². The zero-order valence-electron chi connectivity index (χ0n) is 7.63. The Labute approximate surface area is 76.6 Å². The lowest BCUT2D eigenvalue weighted by Gasteiger charge is -2.06. The molecule has 0 aromatic heterocycles. The van der Waals surface area contributed by atoms with E-state index in [-0.39, 0.29) is 5.75 Å². The molecule has 0 saturated heterocycles. The predicted molar refractivity (Wildman–Crippen MR) is 49.0 cm³/mol. The molecule has 0 amide bonds. The molecule has 0 radical (unpaired) electrons. The molecule has 0 unspecified atom stereocenters. The minimum Gasteiger partial charge on any atom is -0.497 e. The molecular weight excluding hydrogens is 171 g/mol. The predicted octanol–water partition coefficient (Wildman–Crippen LogP) is 2.45. The highest BCUT2D eigenvalue weighted by atomic mass is 19.1. The fourth-order valence-corrected chi connectivity index (χ4v) is 0.958. The van der Waals surface area contributed by atoms with Crippen LogP contribution in [0.1, 0.15) is 5.56 Å². The summed E-state index contributed by atoms with van der Waals surface area (Å²) in [6, 6.07) is 4.55. The third-order valence-corrected chi connectivity index (χ3v) is 1.72. The third kappa shape index (κ3) is 1.99. The third-order valence-electron chi connectivity index (χ3n) is 1.72. The van der Waals surface area contributed by atoms with Gasteiger partial charge in [-0.2, -0.15) is 0 Å². The quantitative estimate of drug-likeness (QED) is 0.668. The minimum absolute atomic E-state index is 0.215. The van der Waals surface area contributed by atoms with Crippen LogP contribution in [-0.2, 0) is 4.74 Å². The second kappa shape index (κ2) is 3.94. The van der Waals surface area contributed by atoms with Crippen LogP contribution in [0.15, 0.2) is 24.8 Å². The Hall–Kier alpha value is -1.51. The average molecular weight is 182 g/mol. The highest BCUT2D eigenvalue weighted by molar-refractivity contribution is 5.58. The Morgan fingerprint density at radius 3 is 2.54 bits per heavy atom. The van der Waals surface area contributed by atoms with Crippen molar-refractivity contribution in [1.29, 1.82) is 0 Å². The maximum absolute atomic E-state index is 13.1. The number of benzene rings is 1. The van der Waals surface area contributed by atoms with E-state index in [1.54, 1.807) is 6.07 Å². The van der Waals surface area contributed by atoms with Crippen LogP contribution in [0.5, 0.6) is 5.75 Å². The fraction of sp³-hybridized carbons (Fsp3) is 0.200. The molecule has 0 atom stereocenters. The van der Waals surface area contributed by atoms with Gasteiger partial charge in [-0.05, 0) is 18.2 Å². The Morgan fingerprint density at radius 1 is 1.38 bits per heavy atom. The molecule has 0 aliphatic rings. The summed E-state index contributed by atoms with van der Waals surface area (Å²) in [5.74, 6) is 0.229. The summed E-state index contributed by atoms with van der Waals surface area (Å²) in [4.78, 5) is 0. The summed E-state index contributed by atoms with van der Waals surface area (Å²) >= 11 is 0. The van der Waals surface area contributed by atoms with Gasteiger partial charge in [-0.3, -0.25) is 0 Å². The van der Waals surface area contributed by atoms with Crippen molar-refractivity contribution >= 4 is 5.76 Å². The first-order valence-corrected chi connectivity index (χ1v) is 3.76. The van der Waals surface area contributed by atoms with Crippen LogP contribution in [-0.4, -0.2) is 14.2 Å². The minimum atomic E-state index is -0.418. The molecule has 0 bridgehead atoms. The Bertz CT molecular complexity index is 321. The molecule has 0 fully saturated rings. The van der Waals surface area contributed by atoms with E-state index >= 15 is 0 Å². The number of ether oxygens (including phenoxy) is 2. The first-order chi connectivity index (χ1) is 6.19.